The summed E-state index contributed by atoms with van der Waals surface area (Å²) in [5.74, 6) is 1.08. The molecule has 7 heteroatoms. The molecule has 0 radical (unpaired) electrons. The molecule has 22 heavy (non-hydrogen) atoms. The molecular formula is C15H23BrN4O2. The van der Waals surface area contributed by atoms with Crippen LogP contribution in [0.25, 0.3) is 0 Å². The Morgan fingerprint density at radius 3 is 2.68 bits per heavy atom. The number of fused-ring (bicyclic) bond motifs is 2. The van der Waals surface area contributed by atoms with Crippen molar-refractivity contribution in [2.24, 2.45) is 0 Å². The van der Waals surface area contributed by atoms with Gasteiger partial charge in [-0.2, -0.15) is 0 Å². The summed E-state index contributed by atoms with van der Waals surface area (Å²) in [4.78, 5) is 18.6. The highest BCUT2D eigenvalue weighted by Gasteiger charge is 2.43. The fourth-order valence-corrected chi connectivity index (χ4v) is 3.68. The molecule has 0 unspecified atom stereocenters. The minimum Gasteiger partial charge on any atom is -0.444 e. The molecule has 2 aliphatic rings. The normalized spacial score (nSPS) is 20.8. The SMILES string of the molecule is CC(C)(C)OC(=O)N1CCC2(CC1)NCCn1c(Br)cnc12. The lowest BCUT2D eigenvalue weighted by atomic mass is 9.85. The van der Waals surface area contributed by atoms with Gasteiger partial charge in [-0.3, -0.25) is 0 Å². The van der Waals surface area contributed by atoms with Crippen LogP contribution < -0.4 is 5.32 Å². The van der Waals surface area contributed by atoms with Crippen molar-refractivity contribution in [1.29, 1.82) is 0 Å². The van der Waals surface area contributed by atoms with Gasteiger partial charge in [-0.25, -0.2) is 9.78 Å². The lowest BCUT2D eigenvalue weighted by Crippen LogP contribution is -2.56. The largest absolute Gasteiger partial charge is 0.444 e. The molecule has 6 nitrogen and oxygen atoms in total. The number of imidazole rings is 1. The van der Waals surface area contributed by atoms with Crippen LogP contribution in [0, 0.1) is 0 Å². The number of ether oxygens (including phenoxy) is 1. The number of piperidine rings is 1. The van der Waals surface area contributed by atoms with Crippen molar-refractivity contribution in [1.82, 2.24) is 19.8 Å². The maximum absolute atomic E-state index is 12.2. The van der Waals surface area contributed by atoms with Crippen LogP contribution in [0.1, 0.15) is 39.4 Å². The number of nitrogens with one attached hydrogen (secondary N) is 1. The number of likely N-dealkylation sites (tertiary alicyclic amines) is 1. The number of amides is 1. The smallest absolute Gasteiger partial charge is 0.410 e. The Hall–Kier alpha value is -1.08. The highest BCUT2D eigenvalue weighted by Crippen LogP contribution is 2.36. The van der Waals surface area contributed by atoms with Crippen molar-refractivity contribution < 1.29 is 9.53 Å². The van der Waals surface area contributed by atoms with Crippen LogP contribution in [0.5, 0.6) is 0 Å². The molecule has 3 rings (SSSR count). The first kappa shape index (κ1) is 15.8. The number of carbonyl (C=O) groups excluding carboxylic acids is 1. The first-order valence-corrected chi connectivity index (χ1v) is 8.54. The summed E-state index contributed by atoms with van der Waals surface area (Å²) in [5, 5.41) is 3.63. The Bertz CT molecular complexity index is 571. The molecule has 1 fully saturated rings. The number of carbonyl (C=O) groups is 1. The van der Waals surface area contributed by atoms with E-state index in [2.05, 4.69) is 30.8 Å². The van der Waals surface area contributed by atoms with E-state index in [1.807, 2.05) is 27.0 Å². The molecule has 2 aliphatic heterocycles. The predicted octanol–water partition coefficient (Wildman–Crippen LogP) is 2.48. The molecule has 0 saturated carbocycles. The van der Waals surface area contributed by atoms with Crippen molar-refractivity contribution in [2.45, 2.75) is 51.3 Å². The van der Waals surface area contributed by atoms with Gasteiger partial charge in [0.1, 0.15) is 16.0 Å². The van der Waals surface area contributed by atoms with Crippen molar-refractivity contribution in [3.05, 3.63) is 16.6 Å². The molecule has 1 amide bonds. The number of aromatic nitrogens is 2. The Kier molecular flexibility index (Phi) is 3.97. The third-order valence-electron chi connectivity index (χ3n) is 4.30. The molecule has 0 atom stereocenters. The third-order valence-corrected chi connectivity index (χ3v) is 4.94. The van der Waals surface area contributed by atoms with Gasteiger partial charge in [0.15, 0.2) is 0 Å². The van der Waals surface area contributed by atoms with Crippen molar-refractivity contribution in [2.75, 3.05) is 19.6 Å². The Labute approximate surface area is 139 Å². The van der Waals surface area contributed by atoms with Crippen LogP contribution in [0.4, 0.5) is 4.79 Å². The lowest BCUT2D eigenvalue weighted by Gasteiger charge is -2.44. The van der Waals surface area contributed by atoms with E-state index in [0.29, 0.717) is 13.1 Å². The highest BCUT2D eigenvalue weighted by molar-refractivity contribution is 9.10. The van der Waals surface area contributed by atoms with Crippen LogP contribution in [0.15, 0.2) is 10.8 Å². The number of hydrogen-bond donors (Lipinski definition) is 1. The maximum Gasteiger partial charge on any atom is 0.410 e. The van der Waals surface area contributed by atoms with Gasteiger partial charge in [0.25, 0.3) is 0 Å². The van der Waals surface area contributed by atoms with Gasteiger partial charge in [-0.1, -0.05) is 0 Å². The zero-order chi connectivity index (χ0) is 16.0. The fourth-order valence-electron chi connectivity index (χ4n) is 3.23. The number of nitrogens with zero attached hydrogens (tertiary/aromatic N) is 3. The van der Waals surface area contributed by atoms with Gasteiger partial charge in [-0.05, 0) is 49.5 Å². The van der Waals surface area contributed by atoms with E-state index in [0.717, 1.165) is 36.4 Å². The van der Waals surface area contributed by atoms with Gasteiger partial charge in [0.2, 0.25) is 0 Å². The summed E-state index contributed by atoms with van der Waals surface area (Å²) in [6, 6.07) is 0. The lowest BCUT2D eigenvalue weighted by molar-refractivity contribution is 0.0124. The molecule has 1 aromatic rings. The summed E-state index contributed by atoms with van der Waals surface area (Å²) < 4.78 is 8.71. The van der Waals surface area contributed by atoms with E-state index >= 15 is 0 Å². The average molecular weight is 371 g/mol. The molecule has 0 bridgehead atoms. The highest BCUT2D eigenvalue weighted by atomic mass is 79.9. The van der Waals surface area contributed by atoms with Gasteiger partial charge >= 0.3 is 6.09 Å². The van der Waals surface area contributed by atoms with E-state index in [9.17, 15) is 4.79 Å². The fraction of sp³-hybridized carbons (Fsp3) is 0.733. The van der Waals surface area contributed by atoms with Crippen LogP contribution >= 0.6 is 15.9 Å². The molecule has 1 aromatic heterocycles. The molecule has 0 aliphatic carbocycles. The first-order chi connectivity index (χ1) is 10.3. The van der Waals surface area contributed by atoms with E-state index in [1.165, 1.54) is 0 Å². The maximum atomic E-state index is 12.2. The summed E-state index contributed by atoms with van der Waals surface area (Å²) in [7, 11) is 0. The van der Waals surface area contributed by atoms with Crippen LogP contribution in [0.2, 0.25) is 0 Å². The van der Waals surface area contributed by atoms with Gasteiger partial charge in [0, 0.05) is 26.2 Å². The molecule has 1 N–H and O–H groups in total. The minimum absolute atomic E-state index is 0.122. The topological polar surface area (TPSA) is 59.4 Å². The molecule has 1 spiro atoms. The monoisotopic (exact) mass is 370 g/mol. The average Bonchev–Trinajstić information content (AvgIpc) is 2.81. The van der Waals surface area contributed by atoms with E-state index in [-0.39, 0.29) is 11.6 Å². The van der Waals surface area contributed by atoms with Gasteiger partial charge in [-0.15, -0.1) is 0 Å². The number of rotatable bonds is 0. The Morgan fingerprint density at radius 1 is 1.36 bits per heavy atom. The zero-order valence-electron chi connectivity index (χ0n) is 13.4. The van der Waals surface area contributed by atoms with Crippen molar-refractivity contribution in [3.63, 3.8) is 0 Å². The summed E-state index contributed by atoms with van der Waals surface area (Å²) in [5.41, 5.74) is -0.570. The minimum atomic E-state index is -0.448. The van der Waals surface area contributed by atoms with Gasteiger partial charge < -0.3 is 19.5 Å². The second-order valence-electron chi connectivity index (χ2n) is 7.03. The Morgan fingerprint density at radius 2 is 2.05 bits per heavy atom. The van der Waals surface area contributed by atoms with E-state index in [4.69, 9.17) is 4.74 Å². The molecule has 1 saturated heterocycles. The number of halogens is 1. The van der Waals surface area contributed by atoms with Crippen LogP contribution in [0.3, 0.4) is 0 Å². The van der Waals surface area contributed by atoms with Gasteiger partial charge in [0.05, 0.1) is 11.7 Å². The summed E-state index contributed by atoms with van der Waals surface area (Å²) in [6.45, 7) is 8.91. The van der Waals surface area contributed by atoms with Crippen molar-refractivity contribution in [3.8, 4) is 0 Å². The number of hydrogen-bond acceptors (Lipinski definition) is 4. The van der Waals surface area contributed by atoms with E-state index < -0.39 is 5.60 Å². The van der Waals surface area contributed by atoms with Crippen LogP contribution in [-0.2, 0) is 16.8 Å². The molecule has 122 valence electrons. The predicted molar refractivity (Wildman–Crippen MR) is 86.6 cm³/mol. The molecule has 0 aromatic carbocycles. The summed E-state index contributed by atoms with van der Waals surface area (Å²) in [6.07, 6.45) is 3.36. The van der Waals surface area contributed by atoms with E-state index in [1.54, 1.807) is 4.90 Å². The third kappa shape index (κ3) is 2.88. The second-order valence-corrected chi connectivity index (χ2v) is 7.84. The second kappa shape index (κ2) is 5.53. The zero-order valence-corrected chi connectivity index (χ0v) is 14.9. The molecular weight excluding hydrogens is 348 g/mol. The Balaban J connectivity index is 1.71. The van der Waals surface area contributed by atoms with Crippen molar-refractivity contribution >= 4 is 22.0 Å². The first-order valence-electron chi connectivity index (χ1n) is 7.75. The molecule has 3 heterocycles. The summed E-state index contributed by atoms with van der Waals surface area (Å²) >= 11 is 3.56. The van der Waals surface area contributed by atoms with Crippen LogP contribution in [-0.4, -0.2) is 45.8 Å². The quantitative estimate of drug-likeness (QED) is 0.761. The standard InChI is InChI=1S/C15H23BrN4O2/c1-14(2,3)22-13(21)19-7-4-15(5-8-19)12-17-10-11(16)20(12)9-6-18-15/h10,18H,4-9H2,1-3H3.